The van der Waals surface area contributed by atoms with Crippen LogP contribution in [0.4, 0.5) is 10.8 Å². The number of aromatic carboxylic acids is 1. The maximum Gasteiger partial charge on any atom is 0.410 e. The Morgan fingerprint density at radius 2 is 1.77 bits per heavy atom. The number of carbonyl (C=O) groups excluding carboxylic acids is 1. The number of halogens is 3. The van der Waals surface area contributed by atoms with Crippen LogP contribution in [-0.4, -0.2) is 62.8 Å². The summed E-state index contributed by atoms with van der Waals surface area (Å²) < 4.78 is 11.8. The maximum atomic E-state index is 12.7. The van der Waals surface area contributed by atoms with Crippen molar-refractivity contribution in [2.75, 3.05) is 18.0 Å². The van der Waals surface area contributed by atoms with Crippen LogP contribution in [0.3, 0.4) is 0 Å². The molecule has 4 aromatic rings. The van der Waals surface area contributed by atoms with Crippen molar-refractivity contribution in [1.82, 2.24) is 14.9 Å². The molecule has 13 heteroatoms. The highest BCUT2D eigenvalue weighted by molar-refractivity contribution is 7.13. The second-order valence-corrected chi connectivity index (χ2v) is 12.9. The summed E-state index contributed by atoms with van der Waals surface area (Å²) in [6.45, 7) is 6.45. The summed E-state index contributed by atoms with van der Waals surface area (Å²) in [5, 5.41) is 13.5. The maximum absolute atomic E-state index is 12.7. The number of hydrogen-bond acceptors (Lipinski definition) is 8. The first-order valence-corrected chi connectivity index (χ1v) is 14.4. The van der Waals surface area contributed by atoms with Crippen LogP contribution in [0.2, 0.25) is 15.1 Å². The highest BCUT2D eigenvalue weighted by atomic mass is 35.5. The molecule has 7 rings (SSSR count). The molecular weight excluding hydrogens is 599 g/mol. The molecule has 0 aliphatic carbocycles. The number of hydrogen-bond donors (Lipinski definition) is 1. The number of carbonyl (C=O) groups is 2. The Bertz CT molecular complexity index is 1630. The minimum atomic E-state index is -1.22. The summed E-state index contributed by atoms with van der Waals surface area (Å²) in [4.78, 5) is 38.2. The van der Waals surface area contributed by atoms with Gasteiger partial charge >= 0.3 is 12.1 Å². The molecule has 9 nitrogen and oxygen atoms in total. The molecule has 3 aliphatic heterocycles. The van der Waals surface area contributed by atoms with Gasteiger partial charge in [0.05, 0.1) is 33.3 Å². The molecule has 208 valence electrons. The lowest BCUT2D eigenvalue weighted by Gasteiger charge is -2.55. The van der Waals surface area contributed by atoms with E-state index in [4.69, 9.17) is 44.0 Å². The van der Waals surface area contributed by atoms with Crippen molar-refractivity contribution in [2.24, 2.45) is 0 Å². The molecule has 2 atom stereocenters. The normalized spacial score (nSPS) is 18.6. The Kier molecular flexibility index (Phi) is 6.65. The van der Waals surface area contributed by atoms with Gasteiger partial charge in [0.2, 0.25) is 0 Å². The van der Waals surface area contributed by atoms with Gasteiger partial charge in [0, 0.05) is 40.8 Å². The zero-order chi connectivity index (χ0) is 28.5. The Hall–Kier alpha value is -3.05. The van der Waals surface area contributed by atoms with Gasteiger partial charge in [-0.25, -0.2) is 14.6 Å². The number of benzene rings is 2. The van der Waals surface area contributed by atoms with Gasteiger partial charge < -0.3 is 19.2 Å². The Morgan fingerprint density at radius 3 is 2.35 bits per heavy atom. The van der Waals surface area contributed by atoms with Gasteiger partial charge in [-0.2, -0.15) is 4.98 Å². The molecule has 40 heavy (non-hydrogen) atoms. The zero-order valence-corrected chi connectivity index (χ0v) is 24.7. The summed E-state index contributed by atoms with van der Waals surface area (Å²) in [5.74, 6) is -1.22. The Balaban J connectivity index is 1.46. The predicted molar refractivity (Wildman–Crippen MR) is 155 cm³/mol. The number of ether oxygens (including phenoxy) is 1. The lowest BCUT2D eigenvalue weighted by molar-refractivity contribution is -0.0386. The van der Waals surface area contributed by atoms with Gasteiger partial charge in [-0.15, -0.1) is 11.3 Å². The van der Waals surface area contributed by atoms with Crippen molar-refractivity contribution in [3.05, 3.63) is 50.4 Å². The topological polar surface area (TPSA) is 109 Å². The number of thiazole rings is 1. The van der Waals surface area contributed by atoms with E-state index in [1.807, 2.05) is 31.1 Å². The van der Waals surface area contributed by atoms with Crippen LogP contribution in [0, 0.1) is 0 Å². The van der Waals surface area contributed by atoms with Crippen molar-refractivity contribution < 1.29 is 23.8 Å². The summed E-state index contributed by atoms with van der Waals surface area (Å²) in [5.41, 5.74) is 0.896. The number of anilines is 1. The lowest BCUT2D eigenvalue weighted by atomic mass is 9.88. The first-order chi connectivity index (χ1) is 18.9. The van der Waals surface area contributed by atoms with Crippen LogP contribution >= 0.6 is 46.1 Å². The van der Waals surface area contributed by atoms with E-state index >= 15 is 0 Å². The van der Waals surface area contributed by atoms with Crippen LogP contribution in [0.15, 0.2) is 34.2 Å². The van der Waals surface area contributed by atoms with Gasteiger partial charge in [-0.1, -0.05) is 34.8 Å². The number of oxazole rings is 1. The van der Waals surface area contributed by atoms with E-state index in [0.717, 1.165) is 6.42 Å². The number of aromatic nitrogens is 2. The van der Waals surface area contributed by atoms with Crippen LogP contribution in [0.25, 0.3) is 32.8 Å². The van der Waals surface area contributed by atoms with E-state index in [2.05, 4.69) is 9.97 Å². The molecular formula is C27H23Cl3N4O5S. The molecule has 2 aromatic carbocycles. The number of nitrogens with zero attached hydrogens (tertiary/aromatic N) is 4. The quantitative estimate of drug-likeness (QED) is 0.250. The predicted octanol–water partition coefficient (Wildman–Crippen LogP) is 7.47. The molecule has 1 amide bonds. The van der Waals surface area contributed by atoms with Gasteiger partial charge in [0.25, 0.3) is 6.01 Å². The van der Waals surface area contributed by atoms with E-state index < -0.39 is 11.6 Å². The molecule has 0 radical (unpaired) electrons. The van der Waals surface area contributed by atoms with E-state index in [1.165, 1.54) is 23.5 Å². The highest BCUT2D eigenvalue weighted by Crippen LogP contribution is 2.45. The van der Waals surface area contributed by atoms with E-state index in [9.17, 15) is 14.7 Å². The molecule has 3 aliphatic rings. The smallest absolute Gasteiger partial charge is 0.410 e. The van der Waals surface area contributed by atoms with Gasteiger partial charge in [0.1, 0.15) is 16.1 Å². The number of carboxylic acid groups (broad SMARTS) is 1. The van der Waals surface area contributed by atoms with Crippen LogP contribution in [0.5, 0.6) is 0 Å². The fourth-order valence-electron chi connectivity index (χ4n) is 5.31. The first-order valence-electron chi connectivity index (χ1n) is 12.4. The van der Waals surface area contributed by atoms with Crippen molar-refractivity contribution in [3.63, 3.8) is 0 Å². The third-order valence-electron chi connectivity index (χ3n) is 6.88. The highest BCUT2D eigenvalue weighted by Gasteiger charge is 2.49. The van der Waals surface area contributed by atoms with Crippen molar-refractivity contribution >= 4 is 75.3 Å². The molecule has 5 heterocycles. The molecule has 3 fully saturated rings. The first kappa shape index (κ1) is 27.1. The lowest BCUT2D eigenvalue weighted by Crippen LogP contribution is -2.70. The van der Waals surface area contributed by atoms with Crippen molar-refractivity contribution in [2.45, 2.75) is 44.9 Å². The third kappa shape index (κ3) is 4.66. The number of piperidine rings is 1. The zero-order valence-electron chi connectivity index (χ0n) is 21.6. The van der Waals surface area contributed by atoms with E-state index in [1.54, 1.807) is 17.2 Å². The van der Waals surface area contributed by atoms with Crippen LogP contribution in [-0.2, 0) is 4.74 Å². The summed E-state index contributed by atoms with van der Waals surface area (Å²) in [7, 11) is 0. The monoisotopic (exact) mass is 620 g/mol. The minimum Gasteiger partial charge on any atom is -0.478 e. The fraction of sp³-hybridized carbons (Fsp3) is 0.333. The molecule has 2 bridgehead atoms. The molecule has 0 spiro atoms. The van der Waals surface area contributed by atoms with Crippen molar-refractivity contribution in [3.8, 4) is 21.7 Å². The Labute approximate surface area is 248 Å². The average molecular weight is 622 g/mol. The SMILES string of the molecule is CC(C)(C)OC(=O)N1C2CC1CN(c1nc3c(C(=O)O)c(-c4c(Cl)cc(Cl)cc4Cl)cc(-c4nccs4)c3o1)C2. The van der Waals surface area contributed by atoms with Crippen LogP contribution < -0.4 is 4.90 Å². The standard InChI is InChI=1S/C27H23Cl3N4O5S/c1-27(2,3)39-26(37)34-13-8-14(34)11-33(10-13)25-32-21-20(24(35)36)15(19-17(29)6-12(28)7-18(19)30)9-16(22(21)38-25)23-31-4-5-40-23/h4-7,9,13-14H,8,10-11H2,1-3H3,(H,35,36). The van der Waals surface area contributed by atoms with Gasteiger partial charge in [-0.3, -0.25) is 4.90 Å². The van der Waals surface area contributed by atoms with E-state index in [0.29, 0.717) is 34.2 Å². The number of carboxylic acids is 1. The molecule has 2 unspecified atom stereocenters. The number of piperazine rings is 1. The molecule has 3 saturated heterocycles. The number of fused-ring (bicyclic) bond motifs is 3. The second-order valence-electron chi connectivity index (χ2n) is 10.7. The largest absolute Gasteiger partial charge is 0.478 e. The van der Waals surface area contributed by atoms with Crippen LogP contribution in [0.1, 0.15) is 37.6 Å². The Morgan fingerprint density at radius 1 is 1.10 bits per heavy atom. The minimum absolute atomic E-state index is 0.0665. The van der Waals surface area contributed by atoms with E-state index in [-0.39, 0.29) is 56.5 Å². The fourth-order valence-corrected chi connectivity index (χ4v) is 6.98. The molecule has 1 N–H and O–H groups in total. The molecule has 2 aromatic heterocycles. The molecule has 0 saturated carbocycles. The number of rotatable bonds is 4. The summed E-state index contributed by atoms with van der Waals surface area (Å²) in [6.07, 6.45) is 2.16. The third-order valence-corrected chi connectivity index (χ3v) is 8.50. The average Bonchev–Trinajstić information content (AvgIpc) is 3.52. The van der Waals surface area contributed by atoms with Gasteiger partial charge in [0.15, 0.2) is 5.58 Å². The summed E-state index contributed by atoms with van der Waals surface area (Å²) >= 11 is 20.6. The van der Waals surface area contributed by atoms with Gasteiger partial charge in [-0.05, 0) is 45.4 Å². The summed E-state index contributed by atoms with van der Waals surface area (Å²) in [6, 6.07) is 4.81. The van der Waals surface area contributed by atoms with Crippen molar-refractivity contribution in [1.29, 1.82) is 0 Å². The number of amides is 1. The second kappa shape index (κ2) is 9.80.